The number of nitrogens with zero attached hydrogens (tertiary/aromatic N) is 3. The van der Waals surface area contributed by atoms with Crippen LogP contribution in [0.2, 0.25) is 0 Å². The maximum atomic E-state index is 12.4. The summed E-state index contributed by atoms with van der Waals surface area (Å²) in [4.78, 5) is 19.5. The van der Waals surface area contributed by atoms with Gasteiger partial charge in [0.25, 0.3) is 5.56 Å². The molecule has 5 heteroatoms. The van der Waals surface area contributed by atoms with E-state index in [9.17, 15) is 4.79 Å². The molecule has 1 aliphatic carbocycles. The van der Waals surface area contributed by atoms with Gasteiger partial charge in [0, 0.05) is 31.4 Å². The SMILES string of the molecule is Cc1ccc2nc(CN3CCO[C@@H]4CCCC[C@H]43)cc(=O)n2c1. The standard InChI is InChI=1S/C18H23N3O2/c1-13-6-7-17-19-14(10-18(22)21(17)11-13)12-20-8-9-23-16-5-3-2-4-15(16)20/h6-7,10-11,15-16H,2-5,8-9,12H2,1H3/t15-,16-/m1/s1. The second-order valence-electron chi connectivity index (χ2n) is 6.75. The highest BCUT2D eigenvalue weighted by Crippen LogP contribution is 2.29. The van der Waals surface area contributed by atoms with Crippen LogP contribution in [0.15, 0.2) is 29.2 Å². The molecule has 122 valence electrons. The number of aryl methyl sites for hydroxylation is 1. The fourth-order valence-corrected chi connectivity index (χ4v) is 3.92. The maximum Gasteiger partial charge on any atom is 0.258 e. The first-order valence-electron chi connectivity index (χ1n) is 8.55. The van der Waals surface area contributed by atoms with Crippen LogP contribution in [0.1, 0.15) is 36.9 Å². The number of ether oxygens (including phenoxy) is 1. The van der Waals surface area contributed by atoms with Gasteiger partial charge in [-0.1, -0.05) is 18.9 Å². The lowest BCUT2D eigenvalue weighted by Gasteiger charge is -2.43. The van der Waals surface area contributed by atoms with Gasteiger partial charge in [0.05, 0.1) is 18.4 Å². The highest BCUT2D eigenvalue weighted by Gasteiger charge is 2.34. The third-order valence-electron chi connectivity index (χ3n) is 5.07. The van der Waals surface area contributed by atoms with Gasteiger partial charge >= 0.3 is 0 Å². The van der Waals surface area contributed by atoms with E-state index < -0.39 is 0 Å². The summed E-state index contributed by atoms with van der Waals surface area (Å²) < 4.78 is 7.56. The first kappa shape index (κ1) is 14.8. The lowest BCUT2D eigenvalue weighted by atomic mass is 9.90. The van der Waals surface area contributed by atoms with Crippen molar-refractivity contribution >= 4 is 5.65 Å². The number of hydrogen-bond acceptors (Lipinski definition) is 4. The zero-order valence-electron chi connectivity index (χ0n) is 13.6. The molecule has 1 saturated carbocycles. The molecule has 5 nitrogen and oxygen atoms in total. The minimum absolute atomic E-state index is 0.00199. The first-order chi connectivity index (χ1) is 11.2. The summed E-state index contributed by atoms with van der Waals surface area (Å²) in [6.45, 7) is 4.43. The Bertz CT molecular complexity index is 768. The molecule has 2 fully saturated rings. The zero-order chi connectivity index (χ0) is 15.8. The van der Waals surface area contributed by atoms with Crippen molar-refractivity contribution in [2.75, 3.05) is 13.2 Å². The van der Waals surface area contributed by atoms with Gasteiger partial charge in [0.15, 0.2) is 0 Å². The van der Waals surface area contributed by atoms with Gasteiger partial charge in [-0.25, -0.2) is 4.98 Å². The Balaban J connectivity index is 1.62. The predicted molar refractivity (Wildman–Crippen MR) is 88.6 cm³/mol. The van der Waals surface area contributed by atoms with E-state index >= 15 is 0 Å². The minimum Gasteiger partial charge on any atom is -0.375 e. The average molecular weight is 313 g/mol. The predicted octanol–water partition coefficient (Wildman–Crippen LogP) is 2.15. The van der Waals surface area contributed by atoms with Crippen molar-refractivity contribution in [2.24, 2.45) is 0 Å². The third kappa shape index (κ3) is 2.91. The van der Waals surface area contributed by atoms with Gasteiger partial charge in [-0.15, -0.1) is 0 Å². The van der Waals surface area contributed by atoms with E-state index in [0.717, 1.165) is 43.0 Å². The topological polar surface area (TPSA) is 46.8 Å². The van der Waals surface area contributed by atoms with E-state index in [1.807, 2.05) is 25.3 Å². The fourth-order valence-electron chi connectivity index (χ4n) is 3.92. The Kier molecular flexibility index (Phi) is 3.91. The van der Waals surface area contributed by atoms with E-state index in [-0.39, 0.29) is 5.56 Å². The Labute approximate surface area is 135 Å². The minimum atomic E-state index is 0.00199. The number of fused-ring (bicyclic) bond motifs is 2. The van der Waals surface area contributed by atoms with E-state index in [2.05, 4.69) is 9.88 Å². The lowest BCUT2D eigenvalue weighted by molar-refractivity contribution is -0.0914. The molecule has 1 saturated heterocycles. The van der Waals surface area contributed by atoms with E-state index in [0.29, 0.717) is 12.1 Å². The molecule has 0 N–H and O–H groups in total. The summed E-state index contributed by atoms with van der Waals surface area (Å²) >= 11 is 0. The molecule has 2 aliphatic rings. The van der Waals surface area contributed by atoms with Crippen LogP contribution in [0.3, 0.4) is 0 Å². The summed E-state index contributed by atoms with van der Waals surface area (Å²) in [6.07, 6.45) is 7.10. The molecule has 23 heavy (non-hydrogen) atoms. The molecule has 0 aromatic carbocycles. The van der Waals surface area contributed by atoms with Crippen molar-refractivity contribution in [1.29, 1.82) is 0 Å². The van der Waals surface area contributed by atoms with Gasteiger partial charge < -0.3 is 4.74 Å². The molecule has 0 bridgehead atoms. The van der Waals surface area contributed by atoms with Gasteiger partial charge in [-0.3, -0.25) is 14.1 Å². The molecule has 1 aliphatic heterocycles. The molecule has 2 atom stereocenters. The number of rotatable bonds is 2. The molecular weight excluding hydrogens is 290 g/mol. The van der Waals surface area contributed by atoms with Crippen LogP contribution in [0.25, 0.3) is 5.65 Å². The zero-order valence-corrected chi connectivity index (χ0v) is 13.6. The quantitative estimate of drug-likeness (QED) is 0.852. The molecule has 0 spiro atoms. The number of hydrogen-bond donors (Lipinski definition) is 0. The largest absolute Gasteiger partial charge is 0.375 e. The van der Waals surface area contributed by atoms with Crippen molar-refractivity contribution in [3.05, 3.63) is 46.0 Å². The van der Waals surface area contributed by atoms with Gasteiger partial charge in [-0.2, -0.15) is 0 Å². The Morgan fingerprint density at radius 3 is 3.09 bits per heavy atom. The van der Waals surface area contributed by atoms with Crippen molar-refractivity contribution < 1.29 is 4.74 Å². The molecular formula is C18H23N3O2. The van der Waals surface area contributed by atoms with Crippen molar-refractivity contribution in [1.82, 2.24) is 14.3 Å². The molecule has 4 rings (SSSR count). The molecule has 2 aromatic rings. The molecule has 0 amide bonds. The summed E-state index contributed by atoms with van der Waals surface area (Å²) in [5.41, 5.74) is 2.66. The van der Waals surface area contributed by atoms with Crippen molar-refractivity contribution in [2.45, 2.75) is 51.3 Å². The van der Waals surface area contributed by atoms with Gasteiger partial charge in [-0.05, 0) is 31.4 Å². The van der Waals surface area contributed by atoms with E-state index in [1.54, 1.807) is 10.5 Å². The molecule has 0 unspecified atom stereocenters. The third-order valence-corrected chi connectivity index (χ3v) is 5.07. The van der Waals surface area contributed by atoms with Gasteiger partial charge in [0.2, 0.25) is 0 Å². The fraction of sp³-hybridized carbons (Fsp3) is 0.556. The second kappa shape index (κ2) is 6.06. The van der Waals surface area contributed by atoms with E-state index in [4.69, 9.17) is 4.74 Å². The number of morpholine rings is 1. The molecule has 3 heterocycles. The highest BCUT2D eigenvalue weighted by atomic mass is 16.5. The Morgan fingerprint density at radius 1 is 1.30 bits per heavy atom. The summed E-state index contributed by atoms with van der Waals surface area (Å²) in [7, 11) is 0. The van der Waals surface area contributed by atoms with Crippen LogP contribution in [-0.4, -0.2) is 39.6 Å². The average Bonchev–Trinajstić information content (AvgIpc) is 2.56. The summed E-state index contributed by atoms with van der Waals surface area (Å²) in [5, 5.41) is 0. The van der Waals surface area contributed by atoms with Crippen molar-refractivity contribution in [3.8, 4) is 0 Å². The Morgan fingerprint density at radius 2 is 2.17 bits per heavy atom. The van der Waals surface area contributed by atoms with Gasteiger partial charge in [0.1, 0.15) is 5.65 Å². The first-order valence-corrected chi connectivity index (χ1v) is 8.55. The van der Waals surface area contributed by atoms with Crippen LogP contribution in [0, 0.1) is 6.92 Å². The summed E-state index contributed by atoms with van der Waals surface area (Å²) in [5.74, 6) is 0. The van der Waals surface area contributed by atoms with Crippen LogP contribution in [0.5, 0.6) is 0 Å². The van der Waals surface area contributed by atoms with Crippen LogP contribution in [0.4, 0.5) is 0 Å². The normalized spacial score (nSPS) is 25.4. The second-order valence-corrected chi connectivity index (χ2v) is 6.75. The number of aromatic nitrogens is 2. The van der Waals surface area contributed by atoms with Crippen LogP contribution in [-0.2, 0) is 11.3 Å². The van der Waals surface area contributed by atoms with E-state index in [1.165, 1.54) is 19.3 Å². The number of pyridine rings is 1. The molecule has 2 aromatic heterocycles. The maximum absolute atomic E-state index is 12.4. The lowest BCUT2D eigenvalue weighted by Crippen LogP contribution is -2.52. The summed E-state index contributed by atoms with van der Waals surface area (Å²) in [6, 6.07) is 6.08. The monoisotopic (exact) mass is 313 g/mol. The smallest absolute Gasteiger partial charge is 0.258 e. The van der Waals surface area contributed by atoms with Crippen molar-refractivity contribution in [3.63, 3.8) is 0 Å². The highest BCUT2D eigenvalue weighted by molar-refractivity contribution is 5.39. The molecule has 0 radical (unpaired) electrons. The Hall–Kier alpha value is -1.72. The van der Waals surface area contributed by atoms with Crippen LogP contribution < -0.4 is 5.56 Å². The van der Waals surface area contributed by atoms with Crippen LogP contribution >= 0.6 is 0 Å².